The number of hydrogen-bond acceptors (Lipinski definition) is 2. The van der Waals surface area contributed by atoms with E-state index in [1.165, 1.54) is 0 Å². The second-order valence-corrected chi connectivity index (χ2v) is 12.7. The molecule has 51 heavy (non-hydrogen) atoms. The summed E-state index contributed by atoms with van der Waals surface area (Å²) in [4.78, 5) is 10.6. The van der Waals surface area contributed by atoms with Crippen molar-refractivity contribution >= 4 is 65.4 Å². The zero-order valence-electron chi connectivity index (χ0n) is 31.2. The van der Waals surface area contributed by atoms with Crippen LogP contribution >= 0.6 is 0 Å². The van der Waals surface area contributed by atoms with Crippen LogP contribution in [0.3, 0.4) is 0 Å². The van der Waals surface area contributed by atoms with Crippen LogP contribution in [-0.2, 0) is 0 Å². The van der Waals surface area contributed by atoms with Crippen molar-refractivity contribution < 1.29 is 5.48 Å². The Morgan fingerprint density at radius 2 is 0.686 bits per heavy atom. The van der Waals surface area contributed by atoms with Crippen LogP contribution in [0.25, 0.3) is 94.1 Å². The summed E-state index contributed by atoms with van der Waals surface area (Å²) in [6.07, 6.45) is 0. The van der Waals surface area contributed by atoms with Gasteiger partial charge in [-0.05, 0) is 48.5 Å². The van der Waals surface area contributed by atoms with Crippen LogP contribution in [0.1, 0.15) is 5.48 Å². The van der Waals surface area contributed by atoms with Crippen molar-refractivity contribution in [2.24, 2.45) is 0 Å². The van der Waals surface area contributed by atoms with Crippen LogP contribution < -0.4 is 0 Å². The molecule has 0 amide bonds. The SMILES string of the molecule is [2H]c1c([2H])c([2H])c(-n2c3ccccc3c3ccccc32)c(-c2nc(-n3c4ccccc4c4ccccc43)cc(-n3c4ccccc4c4ccccc43)n2)c1[2H]. The van der Waals surface area contributed by atoms with E-state index in [0.717, 1.165) is 65.4 Å². The van der Waals surface area contributed by atoms with E-state index in [9.17, 15) is 2.74 Å². The summed E-state index contributed by atoms with van der Waals surface area (Å²) in [6, 6.07) is 49.8. The monoisotopic (exact) mass is 655 g/mol. The lowest BCUT2D eigenvalue weighted by Crippen LogP contribution is -2.07. The van der Waals surface area contributed by atoms with Crippen molar-refractivity contribution in [2.45, 2.75) is 0 Å². The topological polar surface area (TPSA) is 40.6 Å². The van der Waals surface area contributed by atoms with Gasteiger partial charge in [0.2, 0.25) is 0 Å². The second-order valence-electron chi connectivity index (χ2n) is 12.7. The van der Waals surface area contributed by atoms with Crippen molar-refractivity contribution in [2.75, 3.05) is 0 Å². The average molecular weight is 656 g/mol. The van der Waals surface area contributed by atoms with Gasteiger partial charge in [-0.3, -0.25) is 9.13 Å². The molecule has 5 nitrogen and oxygen atoms in total. The molecule has 0 unspecified atom stereocenters. The molecule has 5 heteroatoms. The number of hydrogen-bond donors (Lipinski definition) is 0. The molecule has 0 fully saturated rings. The van der Waals surface area contributed by atoms with Crippen molar-refractivity contribution in [3.63, 3.8) is 0 Å². The average Bonchev–Trinajstić information content (AvgIpc) is 3.87. The minimum Gasteiger partial charge on any atom is -0.309 e. The standard InChI is InChI=1S/C46H29N5/c1-8-22-37-30(15-1)31-16-2-9-23-38(31)49(37)43-28-14-7-21-36(43)46-47-44(50-39-24-10-3-17-32(39)33-18-4-11-25-40(33)50)29-45(48-46)51-41-26-12-5-19-34(41)35-20-6-13-27-42(35)51/h1-29H/i7D,14D,21D,28D. The molecular formula is C46H29N5. The fourth-order valence-electron chi connectivity index (χ4n) is 7.90. The summed E-state index contributed by atoms with van der Waals surface area (Å²) >= 11 is 0. The first kappa shape index (κ1) is 24.2. The fourth-order valence-corrected chi connectivity index (χ4v) is 7.90. The summed E-state index contributed by atoms with van der Waals surface area (Å²) in [6.45, 7) is 0. The van der Waals surface area contributed by atoms with E-state index >= 15 is 0 Å². The predicted molar refractivity (Wildman–Crippen MR) is 210 cm³/mol. The Labute approximate surface area is 298 Å². The number of fused-ring (bicyclic) bond motifs is 9. The summed E-state index contributed by atoms with van der Waals surface area (Å²) in [5.74, 6) is 1.32. The molecule has 0 spiro atoms. The van der Waals surface area contributed by atoms with Crippen LogP contribution in [0.2, 0.25) is 0 Å². The number of rotatable bonds is 4. The van der Waals surface area contributed by atoms with Crippen LogP contribution in [0.15, 0.2) is 176 Å². The summed E-state index contributed by atoms with van der Waals surface area (Å²) in [7, 11) is 0. The molecule has 0 radical (unpaired) electrons. The molecule has 0 aliphatic rings. The molecule has 0 aliphatic heterocycles. The maximum absolute atomic E-state index is 9.55. The van der Waals surface area contributed by atoms with Gasteiger partial charge in [-0.15, -0.1) is 0 Å². The first-order chi connectivity index (χ1) is 27.0. The Kier molecular flexibility index (Phi) is 5.11. The molecule has 11 aromatic rings. The van der Waals surface area contributed by atoms with E-state index in [0.29, 0.717) is 11.6 Å². The second kappa shape index (κ2) is 10.8. The number of benzene rings is 7. The van der Waals surface area contributed by atoms with Crippen molar-refractivity contribution in [1.82, 2.24) is 23.7 Å². The maximum atomic E-state index is 9.55. The highest BCUT2D eigenvalue weighted by Crippen LogP contribution is 2.38. The molecule has 4 heterocycles. The number of nitrogens with zero attached hydrogens (tertiary/aromatic N) is 5. The molecule has 0 saturated heterocycles. The van der Waals surface area contributed by atoms with Gasteiger partial charge in [0, 0.05) is 43.9 Å². The first-order valence-electron chi connectivity index (χ1n) is 18.9. The Morgan fingerprint density at radius 1 is 0.373 bits per heavy atom. The molecule has 11 rings (SSSR count). The van der Waals surface area contributed by atoms with E-state index in [1.807, 2.05) is 108 Å². The van der Waals surface area contributed by atoms with Gasteiger partial charge in [-0.2, -0.15) is 0 Å². The van der Waals surface area contributed by atoms with Gasteiger partial charge < -0.3 is 4.57 Å². The lowest BCUT2D eigenvalue weighted by atomic mass is 10.1. The third kappa shape index (κ3) is 4.03. The van der Waals surface area contributed by atoms with E-state index in [2.05, 4.69) is 57.7 Å². The van der Waals surface area contributed by atoms with E-state index in [-0.39, 0.29) is 41.2 Å². The van der Waals surface area contributed by atoms with Gasteiger partial charge in [0.15, 0.2) is 5.82 Å². The van der Waals surface area contributed by atoms with Crippen molar-refractivity contribution in [3.05, 3.63) is 176 Å². The van der Waals surface area contributed by atoms with Crippen LogP contribution in [-0.4, -0.2) is 23.7 Å². The normalized spacial score (nSPS) is 13.0. The number of aromatic nitrogens is 5. The third-order valence-corrected chi connectivity index (χ3v) is 10.0. The molecular weight excluding hydrogens is 623 g/mol. The van der Waals surface area contributed by atoms with Gasteiger partial charge in [-0.25, -0.2) is 9.97 Å². The molecule has 0 aliphatic carbocycles. The van der Waals surface area contributed by atoms with Crippen molar-refractivity contribution in [3.8, 4) is 28.7 Å². The van der Waals surface area contributed by atoms with Crippen LogP contribution in [0, 0.1) is 0 Å². The van der Waals surface area contributed by atoms with E-state index in [1.54, 1.807) is 0 Å². The van der Waals surface area contributed by atoms with Gasteiger partial charge in [0.25, 0.3) is 0 Å². The van der Waals surface area contributed by atoms with E-state index < -0.39 is 0 Å². The number of para-hydroxylation sites is 7. The largest absolute Gasteiger partial charge is 0.309 e. The summed E-state index contributed by atoms with van der Waals surface area (Å²) in [5, 5.41) is 6.24. The Balaban J connectivity index is 1.32. The van der Waals surface area contributed by atoms with Gasteiger partial charge in [0.05, 0.1) is 44.3 Å². The first-order valence-corrected chi connectivity index (χ1v) is 16.9. The molecule has 4 aromatic heterocycles. The van der Waals surface area contributed by atoms with Crippen LogP contribution in [0.5, 0.6) is 0 Å². The highest BCUT2D eigenvalue weighted by Gasteiger charge is 2.21. The zero-order chi connectivity index (χ0) is 36.9. The smallest absolute Gasteiger partial charge is 0.166 e. The van der Waals surface area contributed by atoms with Gasteiger partial charge in [0.1, 0.15) is 11.6 Å². The maximum Gasteiger partial charge on any atom is 0.166 e. The molecule has 0 saturated carbocycles. The Hall–Kier alpha value is -6.98. The summed E-state index contributed by atoms with van der Waals surface area (Å²) in [5.41, 5.74) is 5.96. The van der Waals surface area contributed by atoms with E-state index in [4.69, 9.17) is 12.7 Å². The zero-order valence-corrected chi connectivity index (χ0v) is 27.2. The minimum atomic E-state index is -0.353. The molecule has 0 atom stereocenters. The molecule has 0 bridgehead atoms. The quantitative estimate of drug-likeness (QED) is 0.189. The van der Waals surface area contributed by atoms with Gasteiger partial charge in [-0.1, -0.05) is 121 Å². The highest BCUT2D eigenvalue weighted by molar-refractivity contribution is 6.11. The third-order valence-electron chi connectivity index (χ3n) is 10.0. The highest BCUT2D eigenvalue weighted by atomic mass is 15.1. The molecule has 238 valence electrons. The fraction of sp³-hybridized carbons (Fsp3) is 0. The minimum absolute atomic E-state index is 0.174. The molecule has 0 N–H and O–H groups in total. The molecule has 7 aromatic carbocycles. The van der Waals surface area contributed by atoms with Crippen molar-refractivity contribution in [1.29, 1.82) is 0 Å². The Bertz CT molecular complexity index is 3100. The van der Waals surface area contributed by atoms with Crippen LogP contribution in [0.4, 0.5) is 0 Å². The summed E-state index contributed by atoms with van der Waals surface area (Å²) < 4.78 is 43.1. The van der Waals surface area contributed by atoms with Gasteiger partial charge >= 0.3 is 0 Å². The lowest BCUT2D eigenvalue weighted by molar-refractivity contribution is 0.991. The lowest BCUT2D eigenvalue weighted by Gasteiger charge is -2.16. The predicted octanol–water partition coefficient (Wildman–Crippen LogP) is 11.4. The Morgan fingerprint density at radius 3 is 1.06 bits per heavy atom.